The number of aromatic nitrogens is 4. The van der Waals surface area contributed by atoms with Gasteiger partial charge in [0.25, 0.3) is 0 Å². The average Bonchev–Trinajstić information content (AvgIpc) is 3.36. The number of fused-ring (bicyclic) bond motifs is 1. The average molecular weight is 381 g/mol. The molecule has 0 aliphatic rings. The minimum Gasteiger partial charge on any atom is -0.465 e. The van der Waals surface area contributed by atoms with Gasteiger partial charge in [-0.15, -0.1) is 11.3 Å². The minimum absolute atomic E-state index is 0.258. The Labute approximate surface area is 160 Å². The molecule has 0 saturated heterocycles. The van der Waals surface area contributed by atoms with E-state index < -0.39 is 5.97 Å². The van der Waals surface area contributed by atoms with Crippen molar-refractivity contribution in [3.63, 3.8) is 0 Å². The first-order valence-corrected chi connectivity index (χ1v) is 9.37. The van der Waals surface area contributed by atoms with Crippen LogP contribution in [0.2, 0.25) is 0 Å². The molecule has 3 heterocycles. The van der Waals surface area contributed by atoms with Gasteiger partial charge < -0.3 is 10.5 Å². The molecule has 0 aliphatic carbocycles. The topological polar surface area (TPSA) is 87.4 Å². The second-order valence-electron chi connectivity index (χ2n) is 6.43. The van der Waals surface area contributed by atoms with Crippen LogP contribution in [-0.4, -0.2) is 32.2 Å². The number of esters is 1. The Morgan fingerprint density at radius 1 is 1.26 bits per heavy atom. The molecular formula is C19H19N5O2S. The van der Waals surface area contributed by atoms with Crippen molar-refractivity contribution in [3.8, 4) is 22.6 Å². The number of hydrogen-bond acceptors (Lipinski definition) is 6. The number of carbonyl (C=O) groups excluding carboxylic acids is 1. The summed E-state index contributed by atoms with van der Waals surface area (Å²) in [5.74, 6) is -0.467. The molecule has 0 spiro atoms. The largest absolute Gasteiger partial charge is 0.465 e. The first-order chi connectivity index (χ1) is 13.0. The summed E-state index contributed by atoms with van der Waals surface area (Å²) in [5.41, 5.74) is 9.91. The predicted molar refractivity (Wildman–Crippen MR) is 106 cm³/mol. The molecule has 4 rings (SSSR count). The van der Waals surface area contributed by atoms with Gasteiger partial charge in [0, 0.05) is 35.1 Å². The quantitative estimate of drug-likeness (QED) is 0.428. The molecule has 0 radical (unpaired) electrons. The molecule has 0 fully saturated rings. The van der Waals surface area contributed by atoms with Gasteiger partial charge in [-0.2, -0.15) is 5.10 Å². The number of rotatable bonds is 4. The van der Waals surface area contributed by atoms with E-state index in [1.807, 2.05) is 39.0 Å². The number of anilines is 1. The van der Waals surface area contributed by atoms with E-state index in [-0.39, 0.29) is 6.04 Å². The van der Waals surface area contributed by atoms with Gasteiger partial charge >= 0.3 is 5.97 Å². The first kappa shape index (κ1) is 17.3. The lowest BCUT2D eigenvalue weighted by Crippen LogP contribution is -2.06. The highest BCUT2D eigenvalue weighted by Gasteiger charge is 2.21. The van der Waals surface area contributed by atoms with Gasteiger partial charge in [0.15, 0.2) is 4.96 Å². The molecule has 0 atom stereocenters. The molecule has 0 amide bonds. The molecule has 27 heavy (non-hydrogen) atoms. The van der Waals surface area contributed by atoms with Gasteiger partial charge in [0.2, 0.25) is 0 Å². The molecule has 0 aliphatic heterocycles. The van der Waals surface area contributed by atoms with E-state index in [1.54, 1.807) is 23.5 Å². The highest BCUT2D eigenvalue weighted by molar-refractivity contribution is 7.15. The first-order valence-electron chi connectivity index (χ1n) is 8.49. The van der Waals surface area contributed by atoms with Crippen LogP contribution in [0.3, 0.4) is 0 Å². The van der Waals surface area contributed by atoms with Gasteiger partial charge in [-0.25, -0.2) is 9.78 Å². The number of methoxy groups -OCH3 is 1. The molecule has 0 unspecified atom stereocenters. The zero-order valence-corrected chi connectivity index (χ0v) is 16.0. The summed E-state index contributed by atoms with van der Waals surface area (Å²) in [4.78, 5) is 17.7. The SMILES string of the molecule is COC(=O)c1cc(-c2c(-c3ccn(C(C)C)n3)nc3sccn23)ccc1N. The Bertz CT molecular complexity index is 1140. The summed E-state index contributed by atoms with van der Waals surface area (Å²) in [7, 11) is 1.34. The van der Waals surface area contributed by atoms with E-state index in [4.69, 9.17) is 15.5 Å². The van der Waals surface area contributed by atoms with Crippen LogP contribution in [0.15, 0.2) is 42.0 Å². The number of carbonyl (C=O) groups is 1. The molecule has 3 aromatic heterocycles. The number of nitrogen functional groups attached to an aromatic ring is 1. The number of benzene rings is 1. The zero-order valence-electron chi connectivity index (χ0n) is 15.2. The zero-order chi connectivity index (χ0) is 19.1. The lowest BCUT2D eigenvalue weighted by atomic mass is 10.0. The molecule has 138 valence electrons. The van der Waals surface area contributed by atoms with Gasteiger partial charge in [0.1, 0.15) is 11.4 Å². The summed E-state index contributed by atoms with van der Waals surface area (Å²) < 4.78 is 8.75. The van der Waals surface area contributed by atoms with E-state index in [0.29, 0.717) is 11.3 Å². The van der Waals surface area contributed by atoms with E-state index in [1.165, 1.54) is 7.11 Å². The van der Waals surface area contributed by atoms with Crippen molar-refractivity contribution < 1.29 is 9.53 Å². The van der Waals surface area contributed by atoms with Crippen LogP contribution in [0, 0.1) is 0 Å². The smallest absolute Gasteiger partial charge is 0.339 e. The van der Waals surface area contributed by atoms with Crippen LogP contribution in [0.5, 0.6) is 0 Å². The highest BCUT2D eigenvalue weighted by atomic mass is 32.1. The van der Waals surface area contributed by atoms with Crippen molar-refractivity contribution in [3.05, 3.63) is 47.6 Å². The van der Waals surface area contributed by atoms with Crippen LogP contribution in [0.1, 0.15) is 30.2 Å². The third-order valence-electron chi connectivity index (χ3n) is 4.37. The minimum atomic E-state index is -0.467. The maximum atomic E-state index is 12.1. The molecular weight excluding hydrogens is 362 g/mol. The monoisotopic (exact) mass is 381 g/mol. The number of thiazole rings is 1. The number of ether oxygens (including phenoxy) is 1. The van der Waals surface area contributed by atoms with E-state index in [0.717, 1.165) is 27.6 Å². The van der Waals surface area contributed by atoms with Crippen LogP contribution in [0.4, 0.5) is 5.69 Å². The Balaban J connectivity index is 1.93. The van der Waals surface area contributed by atoms with Crippen LogP contribution in [0.25, 0.3) is 27.6 Å². The summed E-state index contributed by atoms with van der Waals surface area (Å²) in [5, 5.41) is 6.63. The second-order valence-corrected chi connectivity index (χ2v) is 7.31. The second kappa shape index (κ2) is 6.55. The molecule has 2 N–H and O–H groups in total. The van der Waals surface area contributed by atoms with Crippen molar-refractivity contribution in [2.45, 2.75) is 19.9 Å². The predicted octanol–water partition coefficient (Wildman–Crippen LogP) is 3.88. The number of nitrogens with zero attached hydrogens (tertiary/aromatic N) is 4. The van der Waals surface area contributed by atoms with Crippen LogP contribution in [-0.2, 0) is 4.74 Å². The molecule has 7 nitrogen and oxygen atoms in total. The fourth-order valence-corrected chi connectivity index (χ4v) is 3.70. The number of hydrogen-bond donors (Lipinski definition) is 1. The Kier molecular flexibility index (Phi) is 4.19. The third kappa shape index (κ3) is 2.87. The van der Waals surface area contributed by atoms with Crippen molar-refractivity contribution in [2.24, 2.45) is 0 Å². The van der Waals surface area contributed by atoms with Crippen LogP contribution < -0.4 is 5.73 Å². The maximum Gasteiger partial charge on any atom is 0.339 e. The van der Waals surface area contributed by atoms with Gasteiger partial charge in [-0.3, -0.25) is 9.08 Å². The maximum absolute atomic E-state index is 12.1. The standard InChI is InChI=1S/C19H19N5O2S/c1-11(2)24-7-6-15(22-24)16-17(23-8-9-27-19(23)21-16)12-4-5-14(20)13(10-12)18(25)26-3/h4-11H,20H2,1-3H3. The summed E-state index contributed by atoms with van der Waals surface area (Å²) >= 11 is 1.54. The summed E-state index contributed by atoms with van der Waals surface area (Å²) in [6.45, 7) is 4.15. The van der Waals surface area contributed by atoms with Crippen molar-refractivity contribution in [1.29, 1.82) is 0 Å². The fraction of sp³-hybridized carbons (Fsp3) is 0.211. The van der Waals surface area contributed by atoms with Gasteiger partial charge in [-0.05, 0) is 32.0 Å². The third-order valence-corrected chi connectivity index (χ3v) is 5.13. The van der Waals surface area contributed by atoms with Gasteiger partial charge in [0.05, 0.1) is 18.4 Å². The number of imidazole rings is 1. The number of nitrogens with two attached hydrogens (primary N) is 1. The normalized spacial score (nSPS) is 11.4. The molecule has 8 heteroatoms. The van der Waals surface area contributed by atoms with Crippen molar-refractivity contribution in [1.82, 2.24) is 19.2 Å². The molecule has 0 saturated carbocycles. The highest BCUT2D eigenvalue weighted by Crippen LogP contribution is 2.35. The lowest BCUT2D eigenvalue weighted by Gasteiger charge is -2.08. The Morgan fingerprint density at radius 3 is 2.78 bits per heavy atom. The van der Waals surface area contributed by atoms with Crippen molar-refractivity contribution in [2.75, 3.05) is 12.8 Å². The summed E-state index contributed by atoms with van der Waals surface area (Å²) in [6, 6.07) is 7.54. The van der Waals surface area contributed by atoms with E-state index in [2.05, 4.69) is 18.9 Å². The van der Waals surface area contributed by atoms with E-state index >= 15 is 0 Å². The summed E-state index contributed by atoms with van der Waals surface area (Å²) in [6.07, 6.45) is 3.90. The molecule has 1 aromatic carbocycles. The molecule has 4 aromatic rings. The fourth-order valence-electron chi connectivity index (χ4n) is 2.98. The lowest BCUT2D eigenvalue weighted by molar-refractivity contribution is 0.0602. The van der Waals surface area contributed by atoms with Crippen LogP contribution >= 0.6 is 11.3 Å². The van der Waals surface area contributed by atoms with Crippen molar-refractivity contribution >= 4 is 28.0 Å². The Hall–Kier alpha value is -3.13. The Morgan fingerprint density at radius 2 is 2.07 bits per heavy atom. The molecule has 0 bridgehead atoms. The van der Waals surface area contributed by atoms with E-state index in [9.17, 15) is 4.79 Å². The van der Waals surface area contributed by atoms with Gasteiger partial charge in [-0.1, -0.05) is 6.07 Å².